The summed E-state index contributed by atoms with van der Waals surface area (Å²) in [5.74, 6) is -0.619. The summed E-state index contributed by atoms with van der Waals surface area (Å²) >= 11 is 0. The molecule has 3 heterocycles. The van der Waals surface area contributed by atoms with Crippen LogP contribution in [0.2, 0.25) is 0 Å². The van der Waals surface area contributed by atoms with Gasteiger partial charge in [-0.1, -0.05) is 12.1 Å². The summed E-state index contributed by atoms with van der Waals surface area (Å²) in [6.07, 6.45) is -1.75. The van der Waals surface area contributed by atoms with E-state index in [1.807, 2.05) is 4.90 Å². The van der Waals surface area contributed by atoms with Crippen molar-refractivity contribution in [2.24, 2.45) is 0 Å². The summed E-state index contributed by atoms with van der Waals surface area (Å²) in [5.41, 5.74) is 6.32. The summed E-state index contributed by atoms with van der Waals surface area (Å²) in [6.45, 7) is 3.28. The number of anilines is 3. The van der Waals surface area contributed by atoms with Gasteiger partial charge in [-0.3, -0.25) is 9.69 Å². The molecule has 4 aromatic rings. The van der Waals surface area contributed by atoms with Crippen molar-refractivity contribution in [3.05, 3.63) is 65.9 Å². The standard InChI is InChI=1S/C27H26F4N8O2/c1-15(40)39-8-6-38(7-9-39)13-17-2-4-18(11-20(17)27(29,30)31)36-26(41)37-22-5-3-16(10-21(22)28)19-12-33-25-23(19)24(32)34-14-35-25/h2-5,10-12,14H,6-9,13H2,1H3,(H2,36,37,41)(H3,32,33,34,35). The molecule has 1 aliphatic heterocycles. The number of hydrogen-bond acceptors (Lipinski definition) is 6. The lowest BCUT2D eigenvalue weighted by atomic mass is 10.0. The van der Waals surface area contributed by atoms with Crippen molar-refractivity contribution in [1.29, 1.82) is 0 Å². The quantitative estimate of drug-likeness (QED) is 0.258. The number of nitrogen functional groups attached to an aromatic ring is 1. The van der Waals surface area contributed by atoms with Crippen LogP contribution in [0.1, 0.15) is 18.1 Å². The van der Waals surface area contributed by atoms with Crippen molar-refractivity contribution in [2.75, 3.05) is 42.5 Å². The molecule has 41 heavy (non-hydrogen) atoms. The number of aromatic amines is 1. The fourth-order valence-electron chi connectivity index (χ4n) is 4.80. The number of halogens is 4. The summed E-state index contributed by atoms with van der Waals surface area (Å²) < 4.78 is 56.6. The second-order valence-corrected chi connectivity index (χ2v) is 9.61. The third-order valence-electron chi connectivity index (χ3n) is 6.91. The first kappa shape index (κ1) is 27.8. The Morgan fingerprint density at radius 2 is 1.80 bits per heavy atom. The molecular formula is C27H26F4N8O2. The van der Waals surface area contributed by atoms with E-state index in [1.165, 1.54) is 37.5 Å². The molecule has 14 heteroatoms. The van der Waals surface area contributed by atoms with Crippen molar-refractivity contribution < 1.29 is 27.2 Å². The molecule has 1 fully saturated rings. The maximum Gasteiger partial charge on any atom is 0.416 e. The summed E-state index contributed by atoms with van der Waals surface area (Å²) in [4.78, 5) is 38.5. The van der Waals surface area contributed by atoms with Gasteiger partial charge in [-0.05, 0) is 35.4 Å². The molecule has 0 spiro atoms. The minimum Gasteiger partial charge on any atom is -0.383 e. The maximum absolute atomic E-state index is 14.9. The van der Waals surface area contributed by atoms with E-state index in [1.54, 1.807) is 17.2 Å². The van der Waals surface area contributed by atoms with Crippen LogP contribution in [0.3, 0.4) is 0 Å². The summed E-state index contributed by atoms with van der Waals surface area (Å²) in [7, 11) is 0. The molecule has 0 bridgehead atoms. The maximum atomic E-state index is 14.9. The lowest BCUT2D eigenvalue weighted by molar-refractivity contribution is -0.138. The van der Waals surface area contributed by atoms with Gasteiger partial charge >= 0.3 is 12.2 Å². The highest BCUT2D eigenvalue weighted by Gasteiger charge is 2.34. The monoisotopic (exact) mass is 570 g/mol. The number of carbonyl (C=O) groups is 2. The normalized spacial score (nSPS) is 14.3. The van der Waals surface area contributed by atoms with Crippen LogP contribution in [-0.2, 0) is 17.5 Å². The number of nitrogens with two attached hydrogens (primary N) is 1. The van der Waals surface area contributed by atoms with E-state index >= 15 is 0 Å². The van der Waals surface area contributed by atoms with E-state index in [0.29, 0.717) is 48.3 Å². The minimum atomic E-state index is -4.66. The molecule has 0 saturated carbocycles. The Morgan fingerprint density at radius 3 is 2.49 bits per heavy atom. The van der Waals surface area contributed by atoms with Crippen LogP contribution in [-0.4, -0.2) is 62.9 Å². The van der Waals surface area contributed by atoms with Crippen LogP contribution in [0.5, 0.6) is 0 Å². The van der Waals surface area contributed by atoms with Gasteiger partial charge in [0.05, 0.1) is 16.6 Å². The zero-order valence-corrected chi connectivity index (χ0v) is 21.8. The SMILES string of the molecule is CC(=O)N1CCN(Cc2ccc(NC(=O)Nc3ccc(-c4c[nH]c5ncnc(N)c45)cc3F)cc2C(F)(F)F)CC1. The van der Waals surface area contributed by atoms with Gasteiger partial charge in [0, 0.05) is 57.1 Å². The van der Waals surface area contributed by atoms with E-state index in [9.17, 15) is 27.2 Å². The van der Waals surface area contributed by atoms with Crippen LogP contribution in [0.4, 0.5) is 39.5 Å². The van der Waals surface area contributed by atoms with Crippen LogP contribution in [0, 0.1) is 5.82 Å². The number of rotatable bonds is 5. The molecule has 0 radical (unpaired) electrons. The molecule has 2 aromatic carbocycles. The van der Waals surface area contributed by atoms with E-state index in [0.717, 1.165) is 6.07 Å². The predicted octanol–water partition coefficient (Wildman–Crippen LogP) is 4.67. The third kappa shape index (κ3) is 6.06. The fraction of sp³-hybridized carbons (Fsp3) is 0.259. The van der Waals surface area contributed by atoms with Crippen molar-refractivity contribution in [3.63, 3.8) is 0 Å². The van der Waals surface area contributed by atoms with Gasteiger partial charge in [0.25, 0.3) is 0 Å². The van der Waals surface area contributed by atoms with Crippen LogP contribution in [0.25, 0.3) is 22.2 Å². The number of benzene rings is 2. The van der Waals surface area contributed by atoms with Gasteiger partial charge in [-0.15, -0.1) is 0 Å². The van der Waals surface area contributed by atoms with Crippen LogP contribution in [0.15, 0.2) is 48.9 Å². The van der Waals surface area contributed by atoms with Crippen molar-refractivity contribution in [3.8, 4) is 11.1 Å². The second-order valence-electron chi connectivity index (χ2n) is 9.61. The molecule has 5 rings (SSSR count). The number of hydrogen-bond donors (Lipinski definition) is 4. The zero-order valence-electron chi connectivity index (χ0n) is 21.8. The number of alkyl halides is 3. The molecule has 1 aliphatic rings. The Balaban J connectivity index is 1.28. The number of carbonyl (C=O) groups excluding carboxylic acids is 2. The number of nitrogens with zero attached hydrogens (tertiary/aromatic N) is 4. The molecule has 0 unspecified atom stereocenters. The van der Waals surface area contributed by atoms with Gasteiger partial charge in [0.15, 0.2) is 0 Å². The Hall–Kier alpha value is -4.72. The largest absolute Gasteiger partial charge is 0.416 e. The van der Waals surface area contributed by atoms with E-state index in [4.69, 9.17) is 5.73 Å². The molecule has 5 N–H and O–H groups in total. The highest BCUT2D eigenvalue weighted by atomic mass is 19.4. The van der Waals surface area contributed by atoms with Gasteiger partial charge in [-0.2, -0.15) is 13.2 Å². The average molecular weight is 571 g/mol. The average Bonchev–Trinajstić information content (AvgIpc) is 3.36. The molecule has 2 aromatic heterocycles. The lowest BCUT2D eigenvalue weighted by Crippen LogP contribution is -2.47. The zero-order chi connectivity index (χ0) is 29.3. The highest BCUT2D eigenvalue weighted by molar-refractivity contribution is 6.02. The van der Waals surface area contributed by atoms with Crippen LogP contribution < -0.4 is 16.4 Å². The van der Waals surface area contributed by atoms with E-state index < -0.39 is 23.6 Å². The predicted molar refractivity (Wildman–Crippen MR) is 145 cm³/mol. The van der Waals surface area contributed by atoms with Crippen LogP contribution >= 0.6 is 0 Å². The first-order valence-electron chi connectivity index (χ1n) is 12.6. The van der Waals surface area contributed by atoms with E-state index in [2.05, 4.69) is 25.6 Å². The van der Waals surface area contributed by atoms with Crippen molar-refractivity contribution >= 4 is 40.2 Å². The molecule has 1 saturated heterocycles. The van der Waals surface area contributed by atoms with Gasteiger partial charge in [-0.25, -0.2) is 19.2 Å². The van der Waals surface area contributed by atoms with E-state index in [-0.39, 0.29) is 35.2 Å². The Labute approximate surface area is 231 Å². The van der Waals surface area contributed by atoms with Gasteiger partial charge in [0.1, 0.15) is 23.6 Å². The molecular weight excluding hydrogens is 544 g/mol. The molecule has 214 valence electrons. The fourth-order valence-corrected chi connectivity index (χ4v) is 4.80. The number of amides is 3. The lowest BCUT2D eigenvalue weighted by Gasteiger charge is -2.34. The van der Waals surface area contributed by atoms with Crippen molar-refractivity contribution in [2.45, 2.75) is 19.6 Å². The smallest absolute Gasteiger partial charge is 0.383 e. The molecule has 3 amide bonds. The number of piperazine rings is 1. The number of fused-ring (bicyclic) bond motifs is 1. The number of aromatic nitrogens is 3. The number of H-pyrrole nitrogens is 1. The Bertz CT molecular complexity index is 1610. The molecule has 0 atom stereocenters. The van der Waals surface area contributed by atoms with Crippen molar-refractivity contribution in [1.82, 2.24) is 24.8 Å². The first-order valence-corrected chi connectivity index (χ1v) is 12.6. The summed E-state index contributed by atoms with van der Waals surface area (Å²) in [6, 6.07) is 6.68. The van der Waals surface area contributed by atoms with Gasteiger partial charge < -0.3 is 26.3 Å². The third-order valence-corrected chi connectivity index (χ3v) is 6.91. The van der Waals surface area contributed by atoms with Gasteiger partial charge in [0.2, 0.25) is 5.91 Å². The molecule has 10 nitrogen and oxygen atoms in total. The Morgan fingerprint density at radius 1 is 1.05 bits per heavy atom. The number of nitrogens with one attached hydrogen (secondary N) is 3. The summed E-state index contributed by atoms with van der Waals surface area (Å²) in [5, 5.41) is 5.19. The highest BCUT2D eigenvalue weighted by Crippen LogP contribution is 2.35. The molecule has 0 aliphatic carbocycles. The first-order chi connectivity index (χ1) is 19.5. The number of urea groups is 1. The topological polar surface area (TPSA) is 132 Å². The minimum absolute atomic E-state index is 0.0405. The Kier molecular flexibility index (Phi) is 7.49. The second kappa shape index (κ2) is 11.0.